The molecule has 0 heterocycles. The number of rotatable bonds is 4. The summed E-state index contributed by atoms with van der Waals surface area (Å²) in [6.07, 6.45) is -14.4. The Kier molecular flexibility index (Phi) is 0.971. The molecule has 2 nitrogen and oxygen atoms in total. The summed E-state index contributed by atoms with van der Waals surface area (Å²) in [5.41, 5.74) is -0.671. The first kappa shape index (κ1) is 2.66. The van der Waals surface area contributed by atoms with Gasteiger partial charge in [-0.3, -0.25) is 0 Å². The van der Waals surface area contributed by atoms with Crippen molar-refractivity contribution >= 4 is 0 Å². The highest BCUT2D eigenvalue weighted by atomic mass is 16.3. The Morgan fingerprint density at radius 3 is 2.54 bits per heavy atom. The summed E-state index contributed by atoms with van der Waals surface area (Å²) in [5, 5.41) is 18.8. The molecule has 0 saturated carbocycles. The predicted molar refractivity (Wildman–Crippen MR) is 53.0 cm³/mol. The van der Waals surface area contributed by atoms with E-state index in [9.17, 15) is 10.2 Å². The summed E-state index contributed by atoms with van der Waals surface area (Å²) in [4.78, 5) is 0. The number of aryl methyl sites for hydroxylation is 1. The first-order chi connectivity index (χ1) is 10.4. The fourth-order valence-electron chi connectivity index (χ4n) is 0.802. The number of hydrogen-bond acceptors (Lipinski definition) is 2. The molecule has 1 aromatic carbocycles. The van der Waals surface area contributed by atoms with Crippen LogP contribution in [0.3, 0.4) is 0 Å². The van der Waals surface area contributed by atoms with Crippen LogP contribution >= 0.6 is 0 Å². The van der Waals surface area contributed by atoms with Gasteiger partial charge in [-0.15, -0.1) is 0 Å². The molecule has 0 spiro atoms. The summed E-state index contributed by atoms with van der Waals surface area (Å²) in [6, 6.07) is 2.31. The van der Waals surface area contributed by atoms with Crippen molar-refractivity contribution in [2.24, 2.45) is 0 Å². The Morgan fingerprint density at radius 2 is 1.92 bits per heavy atom. The molecule has 0 aliphatic heterocycles. The lowest BCUT2D eigenvalue weighted by molar-refractivity contribution is 0.449. The van der Waals surface area contributed by atoms with Crippen LogP contribution in [-0.2, 0) is 6.37 Å². The Morgan fingerprint density at radius 1 is 1.23 bits per heavy atom. The van der Waals surface area contributed by atoms with Crippen LogP contribution in [0.5, 0.6) is 11.5 Å². The van der Waals surface area contributed by atoms with E-state index in [2.05, 4.69) is 0 Å². The maximum Gasteiger partial charge on any atom is 0.119 e. The van der Waals surface area contributed by atoms with Crippen molar-refractivity contribution in [2.45, 2.75) is 32.3 Å². The first-order valence-electron chi connectivity index (χ1n) is 8.93. The molecule has 0 radical (unpaired) electrons. The van der Waals surface area contributed by atoms with Gasteiger partial charge in [-0.1, -0.05) is 19.6 Å². The van der Waals surface area contributed by atoms with Gasteiger partial charge in [0.05, 0.1) is 0 Å². The molecule has 0 saturated heterocycles. The van der Waals surface area contributed by atoms with Gasteiger partial charge in [0.15, 0.2) is 0 Å². The minimum absolute atomic E-state index is 0.621. The van der Waals surface area contributed by atoms with Crippen molar-refractivity contribution in [3.05, 3.63) is 23.8 Å². The van der Waals surface area contributed by atoms with Gasteiger partial charge in [-0.2, -0.15) is 0 Å². The maximum atomic E-state index is 9.41. The fourth-order valence-corrected chi connectivity index (χ4v) is 0.802. The lowest BCUT2D eigenvalue weighted by Gasteiger charge is -2.02. The molecule has 0 atom stereocenters. The molecule has 1 rings (SSSR count). The van der Waals surface area contributed by atoms with Gasteiger partial charge < -0.3 is 10.2 Å². The standard InChI is InChI=1S/C11H16O2/c1-2-3-4-5-9-6-10(12)8-11(13)7-9/h6-8,12-13H,2-5H2,1H3/i1D3,2D2,3D2,4D2,5D2. The van der Waals surface area contributed by atoms with E-state index in [4.69, 9.17) is 15.1 Å². The van der Waals surface area contributed by atoms with E-state index in [0.717, 1.165) is 18.2 Å². The molecule has 0 aliphatic carbocycles. The second kappa shape index (κ2) is 4.75. The van der Waals surface area contributed by atoms with Gasteiger partial charge in [0.2, 0.25) is 0 Å². The highest BCUT2D eigenvalue weighted by Gasteiger charge is 1.98. The average molecular weight is 191 g/mol. The monoisotopic (exact) mass is 191 g/mol. The zero-order chi connectivity index (χ0) is 19.4. The number of aromatic hydroxyl groups is 2. The van der Waals surface area contributed by atoms with E-state index < -0.39 is 49.4 Å². The number of phenolic OH excluding ortho intramolecular Hbond substituents is 2. The van der Waals surface area contributed by atoms with Crippen LogP contribution in [0.2, 0.25) is 0 Å². The molecular formula is C11H16O2. The fraction of sp³-hybridized carbons (Fsp3) is 0.455. The zero-order valence-corrected chi connectivity index (χ0v) is 6.63. The first-order valence-corrected chi connectivity index (χ1v) is 3.43. The molecule has 2 heteroatoms. The minimum Gasteiger partial charge on any atom is -0.508 e. The largest absolute Gasteiger partial charge is 0.508 e. The van der Waals surface area contributed by atoms with Crippen molar-refractivity contribution < 1.29 is 25.3 Å². The molecule has 0 aliphatic rings. The van der Waals surface area contributed by atoms with Crippen molar-refractivity contribution in [3.63, 3.8) is 0 Å². The van der Waals surface area contributed by atoms with Crippen LogP contribution in [0, 0.1) is 0 Å². The third kappa shape index (κ3) is 3.36. The number of phenols is 2. The maximum absolute atomic E-state index is 9.41. The Bertz CT molecular complexity index is 601. The average Bonchev–Trinajstić information content (AvgIpc) is 2.35. The van der Waals surface area contributed by atoms with E-state index >= 15 is 0 Å². The van der Waals surface area contributed by atoms with Gasteiger partial charge in [0, 0.05) is 21.1 Å². The van der Waals surface area contributed by atoms with Crippen LogP contribution in [0.1, 0.15) is 46.6 Å². The summed E-state index contributed by atoms with van der Waals surface area (Å²) < 4.78 is 83.0. The second-order valence-corrected chi connectivity index (χ2v) is 2.24. The molecule has 0 aromatic heterocycles. The highest BCUT2D eigenvalue weighted by Crippen LogP contribution is 2.21. The van der Waals surface area contributed by atoms with Crippen LogP contribution in [0.4, 0.5) is 0 Å². The summed E-state index contributed by atoms with van der Waals surface area (Å²) in [6.45, 7) is -3.55. The van der Waals surface area contributed by atoms with E-state index in [1.165, 1.54) is 0 Å². The molecule has 0 bridgehead atoms. The third-order valence-corrected chi connectivity index (χ3v) is 1.23. The number of hydrogen-bond donors (Lipinski definition) is 2. The highest BCUT2D eigenvalue weighted by molar-refractivity contribution is 5.36. The summed E-state index contributed by atoms with van der Waals surface area (Å²) in [5.74, 6) is -1.24. The SMILES string of the molecule is [2H]C([2H])([2H])C([2H])([2H])C([2H])([2H])C([2H])([2H])C([2H])([2H])c1cc(O)cc(O)c1. The lowest BCUT2D eigenvalue weighted by atomic mass is 10.1. The second-order valence-electron chi connectivity index (χ2n) is 2.24. The minimum atomic E-state index is -3.78. The normalized spacial score (nSPS) is 28.2. The van der Waals surface area contributed by atoms with Crippen LogP contribution in [0.25, 0.3) is 0 Å². The molecule has 0 unspecified atom stereocenters. The van der Waals surface area contributed by atoms with Crippen molar-refractivity contribution in [2.75, 3.05) is 0 Å². The molecule has 0 amide bonds. The molecule has 2 N–H and O–H groups in total. The van der Waals surface area contributed by atoms with Crippen LogP contribution in [0.15, 0.2) is 18.2 Å². The van der Waals surface area contributed by atoms with Gasteiger partial charge in [0.1, 0.15) is 11.5 Å². The molecule has 0 fully saturated rings. The van der Waals surface area contributed by atoms with E-state index in [1.54, 1.807) is 0 Å². The topological polar surface area (TPSA) is 40.5 Å². The zero-order valence-electron chi connectivity index (χ0n) is 17.6. The van der Waals surface area contributed by atoms with Gasteiger partial charge >= 0.3 is 0 Å². The van der Waals surface area contributed by atoms with E-state index in [0.29, 0.717) is 0 Å². The van der Waals surface area contributed by atoms with Crippen molar-refractivity contribution in [1.82, 2.24) is 0 Å². The Hall–Kier alpha value is -1.18. The van der Waals surface area contributed by atoms with Gasteiger partial charge in [0.25, 0.3) is 0 Å². The summed E-state index contributed by atoms with van der Waals surface area (Å²) >= 11 is 0. The molecule has 13 heavy (non-hydrogen) atoms. The molecular weight excluding hydrogens is 164 g/mol. The number of benzene rings is 1. The Labute approximate surface area is 94.3 Å². The summed E-state index contributed by atoms with van der Waals surface area (Å²) in [7, 11) is 0. The predicted octanol–water partition coefficient (Wildman–Crippen LogP) is 2.83. The molecule has 72 valence electrons. The lowest BCUT2D eigenvalue weighted by Crippen LogP contribution is -1.84. The van der Waals surface area contributed by atoms with Crippen LogP contribution in [-0.4, -0.2) is 10.2 Å². The third-order valence-electron chi connectivity index (χ3n) is 1.23. The van der Waals surface area contributed by atoms with Crippen LogP contribution < -0.4 is 0 Å². The smallest absolute Gasteiger partial charge is 0.119 e. The van der Waals surface area contributed by atoms with E-state index in [1.807, 2.05) is 0 Å². The van der Waals surface area contributed by atoms with Crippen molar-refractivity contribution in [3.8, 4) is 11.5 Å². The van der Waals surface area contributed by atoms with Gasteiger partial charge in [-0.05, 0) is 30.4 Å². The quantitative estimate of drug-likeness (QED) is 0.768. The van der Waals surface area contributed by atoms with Gasteiger partial charge in [-0.25, -0.2) is 0 Å². The van der Waals surface area contributed by atoms with E-state index in [-0.39, 0.29) is 0 Å². The van der Waals surface area contributed by atoms with Crippen molar-refractivity contribution in [1.29, 1.82) is 0 Å². The molecule has 1 aromatic rings. The Balaban J connectivity index is 3.55.